The lowest BCUT2D eigenvalue weighted by atomic mass is 10.1. The third kappa shape index (κ3) is 4.32. The zero-order valence-electron chi connectivity index (χ0n) is 15.7. The van der Waals surface area contributed by atoms with E-state index < -0.39 is 0 Å². The number of aromatic nitrogens is 3. The van der Waals surface area contributed by atoms with E-state index in [2.05, 4.69) is 42.3 Å². The molecule has 2 N–H and O–H groups in total. The normalized spacial score (nSPS) is 11.7. The Bertz CT molecular complexity index is 893. The minimum Gasteiger partial charge on any atom is -0.368 e. The fourth-order valence-corrected chi connectivity index (χ4v) is 3.50. The zero-order valence-corrected chi connectivity index (χ0v) is 15.7. The van der Waals surface area contributed by atoms with Crippen LogP contribution in [-0.4, -0.2) is 31.7 Å². The Hall–Kier alpha value is -2.60. The Morgan fingerprint density at radius 3 is 2.65 bits per heavy atom. The van der Waals surface area contributed by atoms with Crippen LogP contribution in [0.15, 0.2) is 42.9 Å². The van der Waals surface area contributed by atoms with Gasteiger partial charge in [0.05, 0.1) is 6.20 Å². The molecule has 1 amide bonds. The van der Waals surface area contributed by atoms with Gasteiger partial charge in [-0.05, 0) is 17.5 Å². The minimum absolute atomic E-state index is 0.202. The molecule has 0 bridgehead atoms. The first kappa shape index (κ1) is 18.2. The maximum Gasteiger partial charge on any atom is 0.237 e. The lowest BCUT2D eigenvalue weighted by Gasteiger charge is -2.23. The number of aryl methyl sites for hydroxylation is 1. The van der Waals surface area contributed by atoms with E-state index in [1.54, 1.807) is 0 Å². The van der Waals surface area contributed by atoms with E-state index in [1.165, 1.54) is 16.5 Å². The zero-order chi connectivity index (χ0) is 18.7. The first-order valence-corrected chi connectivity index (χ1v) is 8.97. The highest BCUT2D eigenvalue weighted by Gasteiger charge is 2.15. The lowest BCUT2D eigenvalue weighted by molar-refractivity contribution is -0.118. The number of carbonyl (C=O) groups is 1. The smallest absolute Gasteiger partial charge is 0.237 e. The number of para-hydroxylation sites is 1. The standard InChI is InChI=1S/C20H27N5O/c1-15(2)9-24(11-16-8-22-23(3)10-16)12-17-13-25(14-20(21)26)19-7-5-4-6-18(17)19/h4-8,10,13,15H,9,11-12,14H2,1-3H3,(H2,21,26). The summed E-state index contributed by atoms with van der Waals surface area (Å²) in [5.74, 6) is 0.234. The van der Waals surface area contributed by atoms with Crippen molar-refractivity contribution in [1.82, 2.24) is 19.2 Å². The van der Waals surface area contributed by atoms with Crippen LogP contribution in [0.2, 0.25) is 0 Å². The van der Waals surface area contributed by atoms with E-state index >= 15 is 0 Å². The molecule has 3 aromatic rings. The van der Waals surface area contributed by atoms with Crippen molar-refractivity contribution in [2.75, 3.05) is 6.54 Å². The number of nitrogens with two attached hydrogens (primary N) is 1. The van der Waals surface area contributed by atoms with Crippen molar-refractivity contribution in [2.45, 2.75) is 33.5 Å². The van der Waals surface area contributed by atoms with E-state index in [0.717, 1.165) is 25.2 Å². The molecule has 0 unspecified atom stereocenters. The highest BCUT2D eigenvalue weighted by atomic mass is 16.1. The van der Waals surface area contributed by atoms with Gasteiger partial charge in [0.2, 0.25) is 5.91 Å². The molecule has 0 spiro atoms. The van der Waals surface area contributed by atoms with Crippen LogP contribution in [0.1, 0.15) is 25.0 Å². The Morgan fingerprint density at radius 1 is 1.23 bits per heavy atom. The number of amides is 1. The number of primary amides is 1. The third-order valence-electron chi connectivity index (χ3n) is 4.38. The van der Waals surface area contributed by atoms with Crippen LogP contribution in [-0.2, 0) is 31.5 Å². The summed E-state index contributed by atoms with van der Waals surface area (Å²) in [5, 5.41) is 5.45. The molecule has 0 aliphatic rings. The van der Waals surface area contributed by atoms with Crippen LogP contribution in [0, 0.1) is 5.92 Å². The molecule has 0 saturated heterocycles. The largest absolute Gasteiger partial charge is 0.368 e. The number of nitrogens with zero attached hydrogens (tertiary/aromatic N) is 4. The predicted octanol–water partition coefficient (Wildman–Crippen LogP) is 2.52. The monoisotopic (exact) mass is 353 g/mol. The number of hydrogen-bond donors (Lipinski definition) is 1. The molecule has 0 fully saturated rings. The van der Waals surface area contributed by atoms with Crippen LogP contribution >= 0.6 is 0 Å². The molecule has 138 valence electrons. The summed E-state index contributed by atoms with van der Waals surface area (Å²) in [6, 6.07) is 8.18. The van der Waals surface area contributed by atoms with Crippen molar-refractivity contribution in [3.8, 4) is 0 Å². The summed E-state index contributed by atoms with van der Waals surface area (Å²) in [6.45, 7) is 7.32. The summed E-state index contributed by atoms with van der Waals surface area (Å²) in [6.07, 6.45) is 6.04. The van der Waals surface area contributed by atoms with E-state index in [1.807, 2.05) is 40.7 Å². The van der Waals surface area contributed by atoms with Gasteiger partial charge in [-0.1, -0.05) is 32.0 Å². The van der Waals surface area contributed by atoms with Gasteiger partial charge < -0.3 is 10.3 Å². The van der Waals surface area contributed by atoms with Gasteiger partial charge in [-0.2, -0.15) is 5.10 Å². The molecule has 0 saturated carbocycles. The lowest BCUT2D eigenvalue weighted by Crippen LogP contribution is -2.26. The minimum atomic E-state index is -0.327. The highest BCUT2D eigenvalue weighted by molar-refractivity contribution is 5.85. The highest BCUT2D eigenvalue weighted by Crippen LogP contribution is 2.23. The molecule has 0 aliphatic carbocycles. The van der Waals surface area contributed by atoms with Gasteiger partial charge in [-0.15, -0.1) is 0 Å². The summed E-state index contributed by atoms with van der Waals surface area (Å²) in [5.41, 5.74) is 8.88. The molecular weight excluding hydrogens is 326 g/mol. The predicted molar refractivity (Wildman–Crippen MR) is 103 cm³/mol. The molecular formula is C20H27N5O. The van der Waals surface area contributed by atoms with Gasteiger partial charge in [0.25, 0.3) is 0 Å². The molecule has 0 atom stereocenters. The number of fused-ring (bicyclic) bond motifs is 1. The van der Waals surface area contributed by atoms with E-state index in [4.69, 9.17) is 5.73 Å². The molecule has 6 heteroatoms. The quantitative estimate of drug-likeness (QED) is 0.676. The number of rotatable bonds is 8. The van der Waals surface area contributed by atoms with Crippen LogP contribution in [0.25, 0.3) is 10.9 Å². The summed E-state index contributed by atoms with van der Waals surface area (Å²) in [4.78, 5) is 13.8. The van der Waals surface area contributed by atoms with Crippen LogP contribution in [0.5, 0.6) is 0 Å². The Balaban J connectivity index is 1.89. The van der Waals surface area contributed by atoms with Crippen molar-refractivity contribution in [2.24, 2.45) is 18.7 Å². The average Bonchev–Trinajstić information content (AvgIpc) is 3.11. The molecule has 3 rings (SSSR count). The second-order valence-corrected chi connectivity index (χ2v) is 7.35. The Labute approximate surface area is 154 Å². The summed E-state index contributed by atoms with van der Waals surface area (Å²) < 4.78 is 3.78. The van der Waals surface area contributed by atoms with Crippen molar-refractivity contribution < 1.29 is 4.79 Å². The maximum atomic E-state index is 11.4. The van der Waals surface area contributed by atoms with Crippen molar-refractivity contribution in [3.05, 3.63) is 54.0 Å². The van der Waals surface area contributed by atoms with Gasteiger partial charge in [0.1, 0.15) is 6.54 Å². The van der Waals surface area contributed by atoms with Gasteiger partial charge in [0.15, 0.2) is 0 Å². The third-order valence-corrected chi connectivity index (χ3v) is 4.38. The fourth-order valence-electron chi connectivity index (χ4n) is 3.50. The topological polar surface area (TPSA) is 69.1 Å². The second-order valence-electron chi connectivity index (χ2n) is 7.35. The van der Waals surface area contributed by atoms with E-state index in [-0.39, 0.29) is 12.5 Å². The second kappa shape index (κ2) is 7.74. The average molecular weight is 353 g/mol. The Morgan fingerprint density at radius 2 is 2.00 bits per heavy atom. The first-order chi connectivity index (χ1) is 12.4. The van der Waals surface area contributed by atoms with Gasteiger partial charge in [-0.3, -0.25) is 14.4 Å². The molecule has 1 aromatic carbocycles. The van der Waals surface area contributed by atoms with Crippen molar-refractivity contribution >= 4 is 16.8 Å². The molecule has 2 aromatic heterocycles. The molecule has 0 radical (unpaired) electrons. The summed E-state index contributed by atoms with van der Waals surface area (Å²) >= 11 is 0. The van der Waals surface area contributed by atoms with Crippen LogP contribution in [0.4, 0.5) is 0 Å². The van der Waals surface area contributed by atoms with E-state index in [9.17, 15) is 4.79 Å². The Kier molecular flexibility index (Phi) is 5.42. The summed E-state index contributed by atoms with van der Waals surface area (Å²) in [7, 11) is 1.94. The first-order valence-electron chi connectivity index (χ1n) is 8.97. The van der Waals surface area contributed by atoms with Gasteiger partial charge in [0, 0.05) is 55.5 Å². The van der Waals surface area contributed by atoms with Crippen molar-refractivity contribution in [3.63, 3.8) is 0 Å². The fraction of sp³-hybridized carbons (Fsp3) is 0.400. The van der Waals surface area contributed by atoms with Crippen LogP contribution in [0.3, 0.4) is 0 Å². The SMILES string of the molecule is CC(C)CN(Cc1cnn(C)c1)Cc1cn(CC(N)=O)c2ccccc12. The maximum absolute atomic E-state index is 11.4. The molecule has 6 nitrogen and oxygen atoms in total. The molecule has 2 heterocycles. The van der Waals surface area contributed by atoms with Crippen molar-refractivity contribution in [1.29, 1.82) is 0 Å². The number of hydrogen-bond acceptors (Lipinski definition) is 3. The van der Waals surface area contributed by atoms with Gasteiger partial charge >= 0.3 is 0 Å². The van der Waals surface area contributed by atoms with Crippen LogP contribution < -0.4 is 5.73 Å². The molecule has 0 aliphatic heterocycles. The number of carbonyl (C=O) groups excluding carboxylic acids is 1. The van der Waals surface area contributed by atoms with E-state index in [0.29, 0.717) is 5.92 Å². The number of benzene rings is 1. The van der Waals surface area contributed by atoms with Gasteiger partial charge in [-0.25, -0.2) is 0 Å². The molecule has 26 heavy (non-hydrogen) atoms.